The lowest BCUT2D eigenvalue weighted by Crippen LogP contribution is -2.67. The topological polar surface area (TPSA) is 77.8 Å². The van der Waals surface area contributed by atoms with Gasteiger partial charge in [0.05, 0.1) is 0 Å². The van der Waals surface area contributed by atoms with Gasteiger partial charge in [0.1, 0.15) is 5.54 Å². The number of carbonyl (C=O) groups is 2. The first-order chi connectivity index (χ1) is 8.06. The number of carboxylic acid groups (broad SMARTS) is 2. The van der Waals surface area contributed by atoms with Crippen LogP contribution < -0.4 is 0 Å². The number of benzene rings is 1. The van der Waals surface area contributed by atoms with Gasteiger partial charge in [-0.25, -0.2) is 9.59 Å². The summed E-state index contributed by atoms with van der Waals surface area (Å²) in [7, 11) is 0. The molecule has 5 nitrogen and oxygen atoms in total. The Kier molecular flexibility index (Phi) is 2.75. The molecule has 0 bridgehead atoms. The van der Waals surface area contributed by atoms with Crippen molar-refractivity contribution in [2.45, 2.75) is 18.4 Å². The Bertz CT molecular complexity index is 445. The minimum Gasteiger partial charge on any atom is -0.479 e. The van der Waals surface area contributed by atoms with Crippen LogP contribution in [-0.2, 0) is 11.2 Å². The van der Waals surface area contributed by atoms with Crippen LogP contribution >= 0.6 is 0 Å². The van der Waals surface area contributed by atoms with Crippen molar-refractivity contribution in [3.8, 4) is 0 Å². The Balaban J connectivity index is 2.25. The monoisotopic (exact) mass is 235 g/mol. The van der Waals surface area contributed by atoms with E-state index in [1.807, 2.05) is 30.3 Å². The van der Waals surface area contributed by atoms with Crippen LogP contribution in [0.3, 0.4) is 0 Å². The lowest BCUT2D eigenvalue weighted by molar-refractivity contribution is -0.158. The van der Waals surface area contributed by atoms with Crippen molar-refractivity contribution in [3.63, 3.8) is 0 Å². The van der Waals surface area contributed by atoms with E-state index in [4.69, 9.17) is 5.11 Å². The number of aliphatic carboxylic acids is 1. The van der Waals surface area contributed by atoms with Crippen molar-refractivity contribution < 1.29 is 19.8 Å². The summed E-state index contributed by atoms with van der Waals surface area (Å²) in [5, 5.41) is 18.2. The number of likely N-dealkylation sites (tertiary alicyclic amines) is 1. The van der Waals surface area contributed by atoms with Crippen molar-refractivity contribution in [2.24, 2.45) is 0 Å². The molecular formula is C12H13NO4. The second kappa shape index (κ2) is 4.08. The van der Waals surface area contributed by atoms with Gasteiger partial charge < -0.3 is 10.2 Å². The summed E-state index contributed by atoms with van der Waals surface area (Å²) < 4.78 is 0. The fraction of sp³-hybridized carbons (Fsp3) is 0.333. The zero-order valence-electron chi connectivity index (χ0n) is 9.17. The number of rotatable bonds is 3. The van der Waals surface area contributed by atoms with E-state index in [-0.39, 0.29) is 13.0 Å². The third-order valence-corrected chi connectivity index (χ3v) is 3.23. The lowest BCUT2D eigenvalue weighted by atomic mass is 9.79. The molecule has 0 saturated carbocycles. The van der Waals surface area contributed by atoms with Crippen molar-refractivity contribution in [3.05, 3.63) is 35.9 Å². The van der Waals surface area contributed by atoms with E-state index in [2.05, 4.69) is 0 Å². The zero-order chi connectivity index (χ0) is 12.5. The van der Waals surface area contributed by atoms with Crippen LogP contribution in [0.4, 0.5) is 4.79 Å². The highest BCUT2D eigenvalue weighted by molar-refractivity contribution is 5.86. The van der Waals surface area contributed by atoms with Gasteiger partial charge in [-0.05, 0) is 12.0 Å². The Hall–Kier alpha value is -2.04. The first kappa shape index (κ1) is 11.4. The summed E-state index contributed by atoms with van der Waals surface area (Å²) in [6.45, 7) is 0.286. The quantitative estimate of drug-likeness (QED) is 0.830. The zero-order valence-corrected chi connectivity index (χ0v) is 9.17. The summed E-state index contributed by atoms with van der Waals surface area (Å²) in [6, 6.07) is 9.09. The fourth-order valence-corrected chi connectivity index (χ4v) is 2.19. The third kappa shape index (κ3) is 1.84. The van der Waals surface area contributed by atoms with Crippen molar-refractivity contribution in [1.82, 2.24) is 4.90 Å². The van der Waals surface area contributed by atoms with Crippen LogP contribution in [0.1, 0.15) is 12.0 Å². The summed E-state index contributed by atoms with van der Waals surface area (Å²) in [4.78, 5) is 23.3. The van der Waals surface area contributed by atoms with Gasteiger partial charge in [0.2, 0.25) is 0 Å². The number of amides is 1. The van der Waals surface area contributed by atoms with Crippen LogP contribution in [-0.4, -0.2) is 39.3 Å². The number of hydrogen-bond donors (Lipinski definition) is 2. The van der Waals surface area contributed by atoms with Gasteiger partial charge in [-0.1, -0.05) is 30.3 Å². The highest BCUT2D eigenvalue weighted by Crippen LogP contribution is 2.34. The molecule has 1 saturated heterocycles. The Labute approximate surface area is 98.3 Å². The molecule has 1 heterocycles. The van der Waals surface area contributed by atoms with Gasteiger partial charge in [0.15, 0.2) is 0 Å². The molecule has 1 aliphatic rings. The molecule has 2 N–H and O–H groups in total. The number of nitrogens with zero attached hydrogens (tertiary/aromatic N) is 1. The van der Waals surface area contributed by atoms with Gasteiger partial charge >= 0.3 is 12.1 Å². The molecule has 1 unspecified atom stereocenters. The molecule has 1 aliphatic heterocycles. The molecule has 1 amide bonds. The SMILES string of the molecule is O=C(O)N1CCC1(Cc1ccccc1)C(=O)O. The van der Waals surface area contributed by atoms with Crippen LogP contribution in [0.15, 0.2) is 30.3 Å². The highest BCUT2D eigenvalue weighted by Gasteiger charge is 2.53. The van der Waals surface area contributed by atoms with Crippen LogP contribution in [0, 0.1) is 0 Å². The first-order valence-corrected chi connectivity index (χ1v) is 5.34. The van der Waals surface area contributed by atoms with Gasteiger partial charge in [0.25, 0.3) is 0 Å². The van der Waals surface area contributed by atoms with E-state index in [0.29, 0.717) is 6.42 Å². The Morgan fingerprint density at radius 1 is 1.24 bits per heavy atom. The smallest absolute Gasteiger partial charge is 0.408 e. The molecule has 1 fully saturated rings. The maximum absolute atomic E-state index is 11.3. The van der Waals surface area contributed by atoms with Crippen LogP contribution in [0.2, 0.25) is 0 Å². The predicted molar refractivity (Wildman–Crippen MR) is 59.9 cm³/mol. The molecule has 1 atom stereocenters. The van der Waals surface area contributed by atoms with E-state index in [9.17, 15) is 14.7 Å². The van der Waals surface area contributed by atoms with E-state index in [1.54, 1.807) is 0 Å². The highest BCUT2D eigenvalue weighted by atomic mass is 16.4. The van der Waals surface area contributed by atoms with Gasteiger partial charge in [-0.2, -0.15) is 0 Å². The molecule has 2 rings (SSSR count). The standard InChI is InChI=1S/C12H13NO4/c14-10(15)12(6-7-13(12)11(16)17)8-9-4-2-1-3-5-9/h1-5H,6-8H2,(H,14,15)(H,16,17). The normalized spacial score (nSPS) is 22.9. The molecule has 0 aromatic heterocycles. The van der Waals surface area contributed by atoms with Gasteiger partial charge in [-0.15, -0.1) is 0 Å². The summed E-state index contributed by atoms with van der Waals surface area (Å²) in [5.74, 6) is -1.07. The molecule has 1 aromatic carbocycles. The molecular weight excluding hydrogens is 222 g/mol. The van der Waals surface area contributed by atoms with E-state index >= 15 is 0 Å². The summed E-state index contributed by atoms with van der Waals surface area (Å²) in [5.41, 5.74) is -0.450. The second-order valence-electron chi connectivity index (χ2n) is 4.18. The van der Waals surface area contributed by atoms with Crippen LogP contribution in [0.5, 0.6) is 0 Å². The van der Waals surface area contributed by atoms with E-state index in [1.165, 1.54) is 0 Å². The molecule has 5 heteroatoms. The van der Waals surface area contributed by atoms with Crippen LogP contribution in [0.25, 0.3) is 0 Å². The maximum Gasteiger partial charge on any atom is 0.408 e. The summed E-state index contributed by atoms with van der Waals surface area (Å²) >= 11 is 0. The second-order valence-corrected chi connectivity index (χ2v) is 4.18. The lowest BCUT2D eigenvalue weighted by Gasteiger charge is -2.47. The average Bonchev–Trinajstić information content (AvgIpc) is 2.24. The molecule has 0 spiro atoms. The number of carboxylic acids is 1. The molecule has 90 valence electrons. The Morgan fingerprint density at radius 3 is 2.29 bits per heavy atom. The molecule has 17 heavy (non-hydrogen) atoms. The molecule has 1 aromatic rings. The predicted octanol–water partition coefficient (Wildman–Crippen LogP) is 1.44. The summed E-state index contributed by atoms with van der Waals surface area (Å²) in [6.07, 6.45) is -0.589. The minimum absolute atomic E-state index is 0.218. The fourth-order valence-electron chi connectivity index (χ4n) is 2.19. The van der Waals surface area contributed by atoms with Gasteiger partial charge in [0, 0.05) is 13.0 Å². The van der Waals surface area contributed by atoms with E-state index in [0.717, 1.165) is 10.5 Å². The van der Waals surface area contributed by atoms with Crippen molar-refractivity contribution in [1.29, 1.82) is 0 Å². The van der Waals surface area contributed by atoms with Crippen molar-refractivity contribution in [2.75, 3.05) is 6.54 Å². The van der Waals surface area contributed by atoms with Gasteiger partial charge in [-0.3, -0.25) is 4.90 Å². The first-order valence-electron chi connectivity index (χ1n) is 5.34. The Morgan fingerprint density at radius 2 is 1.88 bits per heavy atom. The third-order valence-electron chi connectivity index (χ3n) is 3.23. The maximum atomic E-state index is 11.3. The average molecular weight is 235 g/mol. The largest absolute Gasteiger partial charge is 0.479 e. The molecule has 0 aliphatic carbocycles. The molecule has 0 radical (unpaired) electrons. The van der Waals surface area contributed by atoms with Crippen molar-refractivity contribution >= 4 is 12.1 Å². The number of hydrogen-bond acceptors (Lipinski definition) is 2. The minimum atomic E-state index is -1.28. The van der Waals surface area contributed by atoms with E-state index < -0.39 is 17.6 Å².